The number of piperidine rings is 1. The van der Waals surface area contributed by atoms with Gasteiger partial charge in [-0.05, 0) is 37.3 Å². The number of nitrogens with zero attached hydrogens (tertiary/aromatic N) is 3. The van der Waals surface area contributed by atoms with Gasteiger partial charge >= 0.3 is 0 Å². The molecule has 3 heterocycles. The Balaban J connectivity index is 1.35. The highest BCUT2D eigenvalue weighted by Gasteiger charge is 2.36. The van der Waals surface area contributed by atoms with Crippen LogP contribution in [-0.2, 0) is 19.4 Å². The topological polar surface area (TPSA) is 70.2 Å². The van der Waals surface area contributed by atoms with Crippen molar-refractivity contribution in [1.29, 1.82) is 0 Å². The van der Waals surface area contributed by atoms with Crippen LogP contribution in [0.5, 0.6) is 0 Å². The van der Waals surface area contributed by atoms with Gasteiger partial charge in [0, 0.05) is 39.3 Å². The van der Waals surface area contributed by atoms with Crippen LogP contribution in [-0.4, -0.2) is 99.6 Å². The molecule has 0 spiro atoms. The highest BCUT2D eigenvalue weighted by molar-refractivity contribution is 7.91. The van der Waals surface area contributed by atoms with Crippen LogP contribution < -0.4 is 0 Å². The van der Waals surface area contributed by atoms with E-state index in [9.17, 15) is 13.2 Å². The Bertz CT molecular complexity index is 804. The van der Waals surface area contributed by atoms with Gasteiger partial charge in [-0.15, -0.1) is 0 Å². The van der Waals surface area contributed by atoms with Crippen molar-refractivity contribution in [3.05, 3.63) is 35.9 Å². The van der Waals surface area contributed by atoms with Crippen molar-refractivity contribution < 1.29 is 17.9 Å². The molecule has 172 valence electrons. The molecule has 0 aromatic heterocycles. The second-order valence-corrected chi connectivity index (χ2v) is 11.3. The van der Waals surface area contributed by atoms with E-state index in [1.807, 2.05) is 35.2 Å². The lowest BCUT2D eigenvalue weighted by atomic mass is 9.92. The number of carbonyl (C=O) groups excluding carboxylic acids is 1. The first-order valence-corrected chi connectivity index (χ1v) is 13.4. The van der Waals surface area contributed by atoms with Crippen molar-refractivity contribution in [3.63, 3.8) is 0 Å². The molecule has 3 fully saturated rings. The van der Waals surface area contributed by atoms with Crippen LogP contribution in [0.15, 0.2) is 30.3 Å². The molecule has 4 rings (SSSR count). The Morgan fingerprint density at radius 1 is 0.968 bits per heavy atom. The third kappa shape index (κ3) is 6.06. The zero-order valence-corrected chi connectivity index (χ0v) is 19.1. The van der Waals surface area contributed by atoms with E-state index >= 15 is 0 Å². The van der Waals surface area contributed by atoms with E-state index in [1.165, 1.54) is 6.42 Å². The number of sulfone groups is 1. The lowest BCUT2D eigenvalue weighted by molar-refractivity contribution is -0.138. The molecule has 1 unspecified atom stereocenters. The summed E-state index contributed by atoms with van der Waals surface area (Å²) in [5.74, 6) is 1.06. The molecule has 3 aliphatic heterocycles. The van der Waals surface area contributed by atoms with Crippen LogP contribution >= 0.6 is 0 Å². The summed E-state index contributed by atoms with van der Waals surface area (Å²) in [6, 6.07) is 9.44. The average molecular weight is 450 g/mol. The van der Waals surface area contributed by atoms with Crippen molar-refractivity contribution in [1.82, 2.24) is 14.7 Å². The third-order valence-corrected chi connectivity index (χ3v) is 8.59. The zero-order valence-electron chi connectivity index (χ0n) is 18.3. The monoisotopic (exact) mass is 449 g/mol. The van der Waals surface area contributed by atoms with Crippen LogP contribution in [0.4, 0.5) is 0 Å². The summed E-state index contributed by atoms with van der Waals surface area (Å²) >= 11 is 0. The molecule has 0 saturated carbocycles. The SMILES string of the molecule is O=C(C(c1ccccc1)N1CCS(=O)(=O)CC1)N1CCC(CCN2CCOCC2)CC1. The molecular weight excluding hydrogens is 414 g/mol. The van der Waals surface area contributed by atoms with Crippen molar-refractivity contribution in [3.8, 4) is 0 Å². The number of benzene rings is 1. The molecule has 1 aromatic carbocycles. The van der Waals surface area contributed by atoms with Crippen molar-refractivity contribution >= 4 is 15.7 Å². The summed E-state index contributed by atoms with van der Waals surface area (Å²) in [5.41, 5.74) is 0.959. The molecule has 0 aliphatic carbocycles. The van der Waals surface area contributed by atoms with Crippen LogP contribution in [0.1, 0.15) is 30.9 Å². The lowest BCUT2D eigenvalue weighted by Gasteiger charge is -2.39. The molecule has 7 nitrogen and oxygen atoms in total. The van der Waals surface area contributed by atoms with Gasteiger partial charge in [-0.3, -0.25) is 14.6 Å². The molecular formula is C23H35N3O4S. The minimum Gasteiger partial charge on any atom is -0.379 e. The second-order valence-electron chi connectivity index (χ2n) is 9.01. The maximum absolute atomic E-state index is 13.6. The van der Waals surface area contributed by atoms with Crippen molar-refractivity contribution in [2.24, 2.45) is 5.92 Å². The Labute approximate surface area is 186 Å². The average Bonchev–Trinajstić information content (AvgIpc) is 2.80. The second kappa shape index (κ2) is 10.4. The van der Waals surface area contributed by atoms with E-state index in [2.05, 4.69) is 9.80 Å². The molecule has 1 aromatic rings. The molecule has 0 radical (unpaired) electrons. The molecule has 1 atom stereocenters. The summed E-state index contributed by atoms with van der Waals surface area (Å²) in [5, 5.41) is 0. The predicted octanol–water partition coefficient (Wildman–Crippen LogP) is 1.42. The number of ether oxygens (including phenoxy) is 1. The Morgan fingerprint density at radius 2 is 1.61 bits per heavy atom. The van der Waals surface area contributed by atoms with Gasteiger partial charge in [-0.2, -0.15) is 0 Å². The number of hydrogen-bond donors (Lipinski definition) is 0. The van der Waals surface area contributed by atoms with Gasteiger partial charge in [-0.25, -0.2) is 8.42 Å². The number of carbonyl (C=O) groups is 1. The first kappa shape index (κ1) is 22.7. The summed E-state index contributed by atoms with van der Waals surface area (Å²) in [6.07, 6.45) is 3.28. The molecule has 31 heavy (non-hydrogen) atoms. The molecule has 0 N–H and O–H groups in total. The zero-order chi connectivity index (χ0) is 21.7. The standard InChI is InChI=1S/C23H35N3O4S/c27-23(26-10-7-20(8-11-26)6-9-24-12-16-30-17-13-24)22(21-4-2-1-3-5-21)25-14-18-31(28,29)19-15-25/h1-5,20,22H,6-19H2. The van der Waals surface area contributed by atoms with Gasteiger partial charge in [0.2, 0.25) is 5.91 Å². The number of morpholine rings is 1. The Hall–Kier alpha value is -1.48. The van der Waals surface area contributed by atoms with E-state index < -0.39 is 9.84 Å². The van der Waals surface area contributed by atoms with E-state index in [4.69, 9.17) is 4.74 Å². The highest BCUT2D eigenvalue weighted by Crippen LogP contribution is 2.28. The third-order valence-electron chi connectivity index (χ3n) is 6.98. The first-order valence-electron chi connectivity index (χ1n) is 11.6. The predicted molar refractivity (Wildman–Crippen MR) is 121 cm³/mol. The smallest absolute Gasteiger partial charge is 0.244 e. The van der Waals surface area contributed by atoms with Crippen molar-refractivity contribution in [2.45, 2.75) is 25.3 Å². The van der Waals surface area contributed by atoms with Gasteiger partial charge in [0.25, 0.3) is 0 Å². The van der Waals surface area contributed by atoms with E-state index in [0.29, 0.717) is 19.0 Å². The van der Waals surface area contributed by atoms with E-state index in [1.54, 1.807) is 0 Å². The minimum absolute atomic E-state index is 0.122. The number of likely N-dealkylation sites (tertiary alicyclic amines) is 1. The summed E-state index contributed by atoms with van der Waals surface area (Å²) < 4.78 is 29.2. The quantitative estimate of drug-likeness (QED) is 0.654. The molecule has 0 bridgehead atoms. The van der Waals surface area contributed by atoms with Gasteiger partial charge in [0.1, 0.15) is 6.04 Å². The summed E-state index contributed by atoms with van der Waals surface area (Å²) in [7, 11) is -2.98. The maximum atomic E-state index is 13.6. The van der Waals surface area contributed by atoms with Crippen LogP contribution in [0.2, 0.25) is 0 Å². The van der Waals surface area contributed by atoms with Crippen LogP contribution in [0.3, 0.4) is 0 Å². The fourth-order valence-corrected chi connectivity index (χ4v) is 6.16. The van der Waals surface area contributed by atoms with Gasteiger partial charge < -0.3 is 9.64 Å². The van der Waals surface area contributed by atoms with Crippen LogP contribution in [0, 0.1) is 5.92 Å². The van der Waals surface area contributed by atoms with Crippen molar-refractivity contribution in [2.75, 3.05) is 70.5 Å². The maximum Gasteiger partial charge on any atom is 0.244 e. The normalized spacial score (nSPS) is 24.7. The lowest BCUT2D eigenvalue weighted by Crippen LogP contribution is -2.50. The van der Waals surface area contributed by atoms with E-state index in [0.717, 1.165) is 64.3 Å². The molecule has 3 saturated heterocycles. The van der Waals surface area contributed by atoms with Gasteiger partial charge in [-0.1, -0.05) is 30.3 Å². The van der Waals surface area contributed by atoms with Gasteiger partial charge in [0.15, 0.2) is 9.84 Å². The molecule has 8 heteroatoms. The largest absolute Gasteiger partial charge is 0.379 e. The number of amides is 1. The van der Waals surface area contributed by atoms with Crippen LogP contribution in [0.25, 0.3) is 0 Å². The summed E-state index contributed by atoms with van der Waals surface area (Å²) in [6.45, 7) is 7.29. The summed E-state index contributed by atoms with van der Waals surface area (Å²) in [4.78, 5) is 20.1. The minimum atomic E-state index is -2.98. The Morgan fingerprint density at radius 3 is 2.26 bits per heavy atom. The Kier molecular flexibility index (Phi) is 7.63. The fourth-order valence-electron chi connectivity index (χ4n) is 4.93. The number of rotatable bonds is 6. The number of hydrogen-bond acceptors (Lipinski definition) is 6. The molecule has 3 aliphatic rings. The highest BCUT2D eigenvalue weighted by atomic mass is 32.2. The van der Waals surface area contributed by atoms with Gasteiger partial charge in [0.05, 0.1) is 24.7 Å². The first-order chi connectivity index (χ1) is 15.0. The fraction of sp³-hybridized carbons (Fsp3) is 0.696. The molecule has 1 amide bonds. The van der Waals surface area contributed by atoms with E-state index in [-0.39, 0.29) is 23.5 Å².